The molecular formula is C12H22ClN5O2S. The Bertz CT molecular complexity index is 516. The maximum Gasteiger partial charge on any atom is 0.282 e. The first-order chi connectivity index (χ1) is 9.59. The summed E-state index contributed by atoms with van der Waals surface area (Å²) in [6.45, 7) is 6.88. The topological polar surface area (TPSA) is 69.6 Å². The number of hydrogen-bond donors (Lipinski definition) is 0. The van der Waals surface area contributed by atoms with Crippen molar-refractivity contribution in [2.24, 2.45) is 0 Å². The maximum absolute atomic E-state index is 12.4. The molecule has 0 bridgehead atoms. The molecule has 0 N–H and O–H groups in total. The van der Waals surface area contributed by atoms with Crippen molar-refractivity contribution in [3.8, 4) is 0 Å². The summed E-state index contributed by atoms with van der Waals surface area (Å²) in [4.78, 5) is 10.4. The molecule has 2 heterocycles. The molecule has 0 unspecified atom stereocenters. The fourth-order valence-corrected chi connectivity index (χ4v) is 3.89. The maximum atomic E-state index is 12.4. The number of anilines is 1. The van der Waals surface area contributed by atoms with Gasteiger partial charge in [-0.15, -0.1) is 12.4 Å². The summed E-state index contributed by atoms with van der Waals surface area (Å²) < 4.78 is 27.8. The molecule has 1 fully saturated rings. The highest BCUT2D eigenvalue weighted by Gasteiger charge is 2.31. The van der Waals surface area contributed by atoms with Gasteiger partial charge in [-0.3, -0.25) is 0 Å². The zero-order valence-corrected chi connectivity index (χ0v) is 14.0. The molecule has 7 nitrogen and oxygen atoms in total. The van der Waals surface area contributed by atoms with Crippen LogP contribution in [0.2, 0.25) is 0 Å². The molecule has 1 aromatic heterocycles. The summed E-state index contributed by atoms with van der Waals surface area (Å²) >= 11 is 0. The van der Waals surface area contributed by atoms with Crippen LogP contribution in [0, 0.1) is 0 Å². The van der Waals surface area contributed by atoms with Crippen LogP contribution in [-0.2, 0) is 10.2 Å². The zero-order chi connectivity index (χ0) is 14.6. The first-order valence-corrected chi connectivity index (χ1v) is 8.26. The van der Waals surface area contributed by atoms with Crippen LogP contribution >= 0.6 is 12.4 Å². The molecule has 9 heteroatoms. The summed E-state index contributed by atoms with van der Waals surface area (Å²) in [5.74, 6) is 0.660. The standard InChI is InChI=1S/C12H21N5O2S.ClH/c1-3-16(4-2)20(18,19)17-10-8-15(9-11-17)12-13-6-5-7-14-12;/h5-7H,3-4,8-11H2,1-2H3;1H. The van der Waals surface area contributed by atoms with Gasteiger partial charge in [0.2, 0.25) is 5.95 Å². The molecule has 0 saturated carbocycles. The van der Waals surface area contributed by atoms with Crippen LogP contribution in [0.4, 0.5) is 5.95 Å². The number of hydrogen-bond acceptors (Lipinski definition) is 5. The second kappa shape index (κ2) is 7.88. The van der Waals surface area contributed by atoms with E-state index in [1.54, 1.807) is 22.8 Å². The number of halogens is 1. The van der Waals surface area contributed by atoms with Crippen LogP contribution < -0.4 is 4.90 Å². The van der Waals surface area contributed by atoms with E-state index in [1.165, 1.54) is 4.31 Å². The van der Waals surface area contributed by atoms with Crippen molar-refractivity contribution in [1.82, 2.24) is 18.6 Å². The molecule has 0 radical (unpaired) electrons. The summed E-state index contributed by atoms with van der Waals surface area (Å²) in [5, 5.41) is 0. The predicted octanol–water partition coefficient (Wildman–Crippen LogP) is 0.607. The monoisotopic (exact) mass is 335 g/mol. The van der Waals surface area contributed by atoms with Gasteiger partial charge in [0.05, 0.1) is 0 Å². The van der Waals surface area contributed by atoms with Crippen LogP contribution in [0.25, 0.3) is 0 Å². The van der Waals surface area contributed by atoms with Crippen molar-refractivity contribution < 1.29 is 8.42 Å². The minimum absolute atomic E-state index is 0. The summed E-state index contributed by atoms with van der Waals surface area (Å²) in [6, 6.07) is 1.77. The van der Waals surface area contributed by atoms with Crippen LogP contribution in [0.3, 0.4) is 0 Å². The molecular weight excluding hydrogens is 314 g/mol. The van der Waals surface area contributed by atoms with E-state index in [0.29, 0.717) is 45.2 Å². The van der Waals surface area contributed by atoms with Gasteiger partial charge in [-0.25, -0.2) is 9.97 Å². The van der Waals surface area contributed by atoms with Gasteiger partial charge in [-0.1, -0.05) is 13.8 Å². The highest BCUT2D eigenvalue weighted by molar-refractivity contribution is 7.86. The number of aromatic nitrogens is 2. The number of nitrogens with zero attached hydrogens (tertiary/aromatic N) is 5. The zero-order valence-electron chi connectivity index (χ0n) is 12.3. The third-order valence-electron chi connectivity index (χ3n) is 3.43. The van der Waals surface area contributed by atoms with Gasteiger partial charge in [0.1, 0.15) is 0 Å². The average Bonchev–Trinajstić information content (AvgIpc) is 2.49. The van der Waals surface area contributed by atoms with Crippen LogP contribution in [-0.4, -0.2) is 66.3 Å². The van der Waals surface area contributed by atoms with Crippen LogP contribution in [0.1, 0.15) is 13.8 Å². The Balaban J connectivity index is 0.00000220. The molecule has 0 aromatic carbocycles. The predicted molar refractivity (Wildman–Crippen MR) is 84.9 cm³/mol. The Hall–Kier alpha value is -0.960. The Kier molecular flexibility index (Phi) is 6.79. The lowest BCUT2D eigenvalue weighted by molar-refractivity contribution is 0.333. The van der Waals surface area contributed by atoms with Gasteiger partial charge in [0.15, 0.2) is 0 Å². The highest BCUT2D eigenvalue weighted by Crippen LogP contribution is 2.14. The lowest BCUT2D eigenvalue weighted by atomic mass is 10.4. The van der Waals surface area contributed by atoms with E-state index in [1.807, 2.05) is 18.7 Å². The molecule has 0 aliphatic carbocycles. The van der Waals surface area contributed by atoms with Crippen molar-refractivity contribution >= 4 is 28.6 Å². The molecule has 0 spiro atoms. The van der Waals surface area contributed by atoms with Gasteiger partial charge >= 0.3 is 0 Å². The van der Waals surface area contributed by atoms with Crippen molar-refractivity contribution in [2.45, 2.75) is 13.8 Å². The SMILES string of the molecule is CCN(CC)S(=O)(=O)N1CCN(c2ncccn2)CC1.Cl. The van der Waals surface area contributed by atoms with Gasteiger partial charge in [0.25, 0.3) is 10.2 Å². The third kappa shape index (κ3) is 4.03. The number of rotatable bonds is 5. The first-order valence-electron chi connectivity index (χ1n) is 6.86. The summed E-state index contributed by atoms with van der Waals surface area (Å²) in [6.07, 6.45) is 3.39. The van der Waals surface area contributed by atoms with Crippen molar-refractivity contribution in [2.75, 3.05) is 44.2 Å². The molecule has 1 saturated heterocycles. The summed E-state index contributed by atoms with van der Waals surface area (Å²) in [5.41, 5.74) is 0. The van der Waals surface area contributed by atoms with E-state index in [4.69, 9.17) is 0 Å². The van der Waals surface area contributed by atoms with Crippen molar-refractivity contribution in [3.63, 3.8) is 0 Å². The Labute approximate surface area is 132 Å². The van der Waals surface area contributed by atoms with E-state index in [2.05, 4.69) is 9.97 Å². The van der Waals surface area contributed by atoms with Gasteiger partial charge in [0, 0.05) is 51.7 Å². The fraction of sp³-hybridized carbons (Fsp3) is 0.667. The van der Waals surface area contributed by atoms with Gasteiger partial charge < -0.3 is 4.90 Å². The highest BCUT2D eigenvalue weighted by atomic mass is 35.5. The molecule has 1 aliphatic heterocycles. The minimum Gasteiger partial charge on any atom is -0.338 e. The second-order valence-corrected chi connectivity index (χ2v) is 6.46. The molecule has 21 heavy (non-hydrogen) atoms. The first kappa shape index (κ1) is 18.1. The Morgan fingerprint density at radius 1 is 1.10 bits per heavy atom. The van der Waals surface area contributed by atoms with E-state index in [9.17, 15) is 8.42 Å². The minimum atomic E-state index is -3.33. The molecule has 1 aromatic rings. The summed E-state index contributed by atoms with van der Waals surface area (Å²) in [7, 11) is -3.33. The van der Waals surface area contributed by atoms with Gasteiger partial charge in [-0.2, -0.15) is 17.0 Å². The van der Waals surface area contributed by atoms with Crippen molar-refractivity contribution in [1.29, 1.82) is 0 Å². The Morgan fingerprint density at radius 2 is 1.62 bits per heavy atom. The largest absolute Gasteiger partial charge is 0.338 e. The quantitative estimate of drug-likeness (QED) is 0.788. The van der Waals surface area contributed by atoms with Crippen LogP contribution in [0.15, 0.2) is 18.5 Å². The fourth-order valence-electron chi connectivity index (χ4n) is 2.29. The number of piperazine rings is 1. The molecule has 2 rings (SSSR count). The van der Waals surface area contributed by atoms with E-state index in [-0.39, 0.29) is 12.4 Å². The smallest absolute Gasteiger partial charge is 0.282 e. The van der Waals surface area contributed by atoms with Crippen LogP contribution in [0.5, 0.6) is 0 Å². The second-order valence-electron chi connectivity index (χ2n) is 4.53. The normalized spacial score (nSPS) is 16.8. The van der Waals surface area contributed by atoms with Crippen molar-refractivity contribution in [3.05, 3.63) is 18.5 Å². The van der Waals surface area contributed by atoms with E-state index >= 15 is 0 Å². The lowest BCUT2D eigenvalue weighted by Crippen LogP contribution is -2.53. The average molecular weight is 336 g/mol. The molecule has 0 atom stereocenters. The third-order valence-corrected chi connectivity index (χ3v) is 5.62. The Morgan fingerprint density at radius 3 is 2.10 bits per heavy atom. The molecule has 0 amide bonds. The molecule has 120 valence electrons. The molecule has 1 aliphatic rings. The van der Waals surface area contributed by atoms with E-state index < -0.39 is 10.2 Å². The van der Waals surface area contributed by atoms with Gasteiger partial charge in [-0.05, 0) is 6.07 Å². The lowest BCUT2D eigenvalue weighted by Gasteiger charge is -2.36. The van der Waals surface area contributed by atoms with E-state index in [0.717, 1.165) is 0 Å².